The van der Waals surface area contributed by atoms with E-state index in [1.807, 2.05) is 24.3 Å². The van der Waals surface area contributed by atoms with E-state index in [2.05, 4.69) is 25.3 Å². The van der Waals surface area contributed by atoms with Crippen LogP contribution in [-0.2, 0) is 6.54 Å². The van der Waals surface area contributed by atoms with Crippen LogP contribution in [0.1, 0.15) is 18.4 Å². The van der Waals surface area contributed by atoms with E-state index in [1.165, 1.54) is 6.20 Å². The number of amides is 1. The van der Waals surface area contributed by atoms with Crippen LogP contribution in [0.15, 0.2) is 49.1 Å². The fourth-order valence-electron chi connectivity index (χ4n) is 4.36. The van der Waals surface area contributed by atoms with Crippen LogP contribution < -0.4 is 25.4 Å². The minimum absolute atomic E-state index is 0.0688. The number of rotatable bonds is 6. The first-order chi connectivity index (χ1) is 17.0. The normalized spacial score (nSPS) is 15.9. The van der Waals surface area contributed by atoms with Crippen molar-refractivity contribution in [2.45, 2.75) is 25.4 Å². The number of halogens is 1. The molecule has 0 unspecified atom stereocenters. The topological polar surface area (TPSA) is 123 Å². The maximum Gasteiger partial charge on any atom is 0.417 e. The second kappa shape index (κ2) is 9.85. The summed E-state index contributed by atoms with van der Waals surface area (Å²) in [6.07, 6.45) is 7.78. The molecule has 1 fully saturated rings. The molecule has 1 amide bonds. The summed E-state index contributed by atoms with van der Waals surface area (Å²) >= 11 is 6.23. The molecule has 0 radical (unpaired) electrons. The Bertz CT molecular complexity index is 1350. The standard InChI is InChI=1S/C24H26ClN7O3/c1-34-20-11-28-23-21(22(20)31-8-4-6-16(26)13-31)19(10-27-23)30-24(33)35-17-9-29-32(14-17)12-15-5-2-3-7-18(15)25/h2-3,5,7,9-11,14,16H,4,6,8,12-13,26H2,1H3,(H,27,28)(H,30,33)/t16-/m1/s1. The van der Waals surface area contributed by atoms with Gasteiger partial charge in [0.1, 0.15) is 5.65 Å². The van der Waals surface area contributed by atoms with Gasteiger partial charge in [-0.05, 0) is 24.5 Å². The number of H-pyrrole nitrogens is 1. The van der Waals surface area contributed by atoms with Crippen LogP contribution in [0.2, 0.25) is 5.02 Å². The summed E-state index contributed by atoms with van der Waals surface area (Å²) in [5, 5.41) is 8.47. The first-order valence-electron chi connectivity index (χ1n) is 11.3. The van der Waals surface area contributed by atoms with Crippen LogP contribution in [0.4, 0.5) is 16.2 Å². The third-order valence-electron chi connectivity index (χ3n) is 5.98. The fraction of sp³-hybridized carbons (Fsp3) is 0.292. The van der Waals surface area contributed by atoms with Crippen molar-refractivity contribution in [3.63, 3.8) is 0 Å². The molecule has 1 aliphatic rings. The number of benzene rings is 1. The van der Waals surface area contributed by atoms with Crippen molar-refractivity contribution in [1.29, 1.82) is 0 Å². The van der Waals surface area contributed by atoms with Crippen molar-refractivity contribution in [3.8, 4) is 11.5 Å². The molecule has 0 aliphatic carbocycles. The number of piperidine rings is 1. The number of pyridine rings is 1. The van der Waals surface area contributed by atoms with E-state index in [1.54, 1.807) is 30.4 Å². The van der Waals surface area contributed by atoms with E-state index in [-0.39, 0.29) is 6.04 Å². The largest absolute Gasteiger partial charge is 0.493 e. The van der Waals surface area contributed by atoms with Crippen molar-refractivity contribution >= 4 is 40.1 Å². The lowest BCUT2D eigenvalue weighted by atomic mass is 10.0. The lowest BCUT2D eigenvalue weighted by molar-refractivity contribution is 0.215. The van der Waals surface area contributed by atoms with Crippen molar-refractivity contribution in [2.75, 3.05) is 30.4 Å². The number of carbonyl (C=O) groups is 1. The van der Waals surface area contributed by atoms with Gasteiger partial charge >= 0.3 is 6.09 Å². The average molecular weight is 496 g/mol. The van der Waals surface area contributed by atoms with Crippen LogP contribution in [0, 0.1) is 0 Å². The van der Waals surface area contributed by atoms with Gasteiger partial charge in [0.2, 0.25) is 0 Å². The van der Waals surface area contributed by atoms with Crippen molar-refractivity contribution in [3.05, 3.63) is 59.6 Å². The number of methoxy groups -OCH3 is 1. The summed E-state index contributed by atoms with van der Waals surface area (Å²) in [6, 6.07) is 7.59. The molecule has 10 nitrogen and oxygen atoms in total. The van der Waals surface area contributed by atoms with E-state index >= 15 is 0 Å². The molecular formula is C24H26ClN7O3. The fourth-order valence-corrected chi connectivity index (χ4v) is 4.56. The minimum atomic E-state index is -0.646. The summed E-state index contributed by atoms with van der Waals surface area (Å²) in [6.45, 7) is 1.98. The zero-order valence-corrected chi connectivity index (χ0v) is 20.0. The maximum atomic E-state index is 12.7. The predicted molar refractivity (Wildman–Crippen MR) is 134 cm³/mol. The van der Waals surface area contributed by atoms with Crippen LogP contribution >= 0.6 is 11.6 Å². The second-order valence-electron chi connectivity index (χ2n) is 8.43. The second-order valence-corrected chi connectivity index (χ2v) is 8.84. The van der Waals surface area contributed by atoms with Crippen LogP contribution in [0.3, 0.4) is 0 Å². The zero-order chi connectivity index (χ0) is 24.4. The van der Waals surface area contributed by atoms with Gasteiger partial charge in [-0.1, -0.05) is 29.8 Å². The van der Waals surface area contributed by atoms with Gasteiger partial charge in [-0.15, -0.1) is 0 Å². The maximum absolute atomic E-state index is 12.7. The molecule has 1 aliphatic heterocycles. The molecule has 5 rings (SSSR count). The smallest absolute Gasteiger partial charge is 0.417 e. The number of hydrogen-bond acceptors (Lipinski definition) is 7. The lowest BCUT2D eigenvalue weighted by Crippen LogP contribution is -2.43. The van der Waals surface area contributed by atoms with Gasteiger partial charge in [0.05, 0.1) is 49.0 Å². The Balaban J connectivity index is 1.35. The first-order valence-corrected chi connectivity index (χ1v) is 11.7. The number of nitrogens with zero attached hydrogens (tertiary/aromatic N) is 4. The van der Waals surface area contributed by atoms with Gasteiger partial charge in [0.15, 0.2) is 11.5 Å². The Labute approximate surface area is 207 Å². The lowest BCUT2D eigenvalue weighted by Gasteiger charge is -2.34. The number of nitrogens with two attached hydrogens (primary N) is 1. The molecule has 4 N–H and O–H groups in total. The van der Waals surface area contributed by atoms with Crippen LogP contribution in [-0.4, -0.2) is 52.1 Å². The summed E-state index contributed by atoms with van der Waals surface area (Å²) in [4.78, 5) is 22.5. The van der Waals surface area contributed by atoms with Crippen molar-refractivity contribution < 1.29 is 14.3 Å². The number of aromatic nitrogens is 4. The molecule has 35 heavy (non-hydrogen) atoms. The van der Waals surface area contributed by atoms with Crippen molar-refractivity contribution in [1.82, 2.24) is 19.7 Å². The highest BCUT2D eigenvalue weighted by Gasteiger charge is 2.25. The number of nitrogens with one attached hydrogen (secondary N) is 2. The summed E-state index contributed by atoms with van der Waals surface area (Å²) < 4.78 is 12.7. The highest BCUT2D eigenvalue weighted by molar-refractivity contribution is 6.31. The Hall–Kier alpha value is -3.76. The zero-order valence-electron chi connectivity index (χ0n) is 19.2. The SMILES string of the molecule is COc1cnc2[nH]cc(NC(=O)Oc3cnn(Cc4ccccc4Cl)c3)c2c1N1CCC[C@@H](N)C1. The van der Waals surface area contributed by atoms with Gasteiger partial charge in [-0.25, -0.2) is 9.78 Å². The highest BCUT2D eigenvalue weighted by Crippen LogP contribution is 2.40. The molecule has 0 bridgehead atoms. The number of fused-ring (bicyclic) bond motifs is 1. The molecule has 0 spiro atoms. The highest BCUT2D eigenvalue weighted by atomic mass is 35.5. The molecule has 0 saturated carbocycles. The van der Waals surface area contributed by atoms with Gasteiger partial charge in [0, 0.05) is 30.4 Å². The minimum Gasteiger partial charge on any atom is -0.493 e. The number of hydrogen-bond donors (Lipinski definition) is 3. The van der Waals surface area contributed by atoms with E-state index in [0.29, 0.717) is 40.9 Å². The quantitative estimate of drug-likeness (QED) is 0.369. The summed E-state index contributed by atoms with van der Waals surface area (Å²) in [5.41, 5.74) is 9.15. The Morgan fingerprint density at radius 3 is 3.00 bits per heavy atom. The monoisotopic (exact) mass is 495 g/mol. The summed E-state index contributed by atoms with van der Waals surface area (Å²) in [7, 11) is 1.60. The molecule has 3 aromatic heterocycles. The Kier molecular flexibility index (Phi) is 6.47. The molecular weight excluding hydrogens is 470 g/mol. The molecule has 182 valence electrons. The molecule has 4 aromatic rings. The van der Waals surface area contributed by atoms with Crippen LogP contribution in [0.5, 0.6) is 11.5 Å². The average Bonchev–Trinajstić information content (AvgIpc) is 3.46. The van der Waals surface area contributed by atoms with E-state index in [4.69, 9.17) is 26.8 Å². The predicted octanol–water partition coefficient (Wildman–Crippen LogP) is 4.01. The van der Waals surface area contributed by atoms with E-state index in [0.717, 1.165) is 36.0 Å². The van der Waals surface area contributed by atoms with Gasteiger partial charge < -0.3 is 25.1 Å². The van der Waals surface area contributed by atoms with Gasteiger partial charge in [-0.3, -0.25) is 10.00 Å². The third kappa shape index (κ3) is 4.89. The van der Waals surface area contributed by atoms with Gasteiger partial charge in [-0.2, -0.15) is 5.10 Å². The molecule has 1 aromatic carbocycles. The number of ether oxygens (including phenoxy) is 2. The Morgan fingerprint density at radius 2 is 2.20 bits per heavy atom. The first kappa shape index (κ1) is 23.0. The molecule has 1 atom stereocenters. The van der Waals surface area contributed by atoms with E-state index < -0.39 is 6.09 Å². The Morgan fingerprint density at radius 1 is 1.34 bits per heavy atom. The van der Waals surface area contributed by atoms with Crippen molar-refractivity contribution in [2.24, 2.45) is 5.73 Å². The summed E-state index contributed by atoms with van der Waals surface area (Å²) in [5.74, 6) is 0.927. The molecule has 1 saturated heterocycles. The molecule has 11 heteroatoms. The number of carbonyl (C=O) groups excluding carboxylic acids is 1. The third-order valence-corrected chi connectivity index (χ3v) is 6.35. The number of aromatic amines is 1. The molecule has 4 heterocycles. The van der Waals surface area contributed by atoms with Gasteiger partial charge in [0.25, 0.3) is 0 Å². The number of anilines is 2. The van der Waals surface area contributed by atoms with Crippen LogP contribution in [0.25, 0.3) is 11.0 Å². The van der Waals surface area contributed by atoms with E-state index in [9.17, 15) is 4.79 Å².